The van der Waals surface area contributed by atoms with Gasteiger partial charge in [0, 0.05) is 44.3 Å². The van der Waals surface area contributed by atoms with Gasteiger partial charge < -0.3 is 13.4 Å². The van der Waals surface area contributed by atoms with Crippen molar-refractivity contribution in [3.63, 3.8) is 0 Å². The van der Waals surface area contributed by atoms with Crippen molar-refractivity contribution in [1.29, 1.82) is 0 Å². The van der Waals surface area contributed by atoms with Crippen LogP contribution in [0, 0.1) is 0 Å². The standard InChI is InChI=1S/C59H34N6O2/c1-2-10-46(11-3-1)65-51-15-7-4-12-47(51)48-33-45-32-42(25-20-39(45)34-52(48)65)57-63-55(40-23-18-37-30-43(26-21-35(37)28-40)58-60-49-13-5-8-16-53(49)66-58)62-56(64-57)41-24-19-38-31-44(27-22-36(38)29-41)59-61-50-14-6-9-17-54(50)67-59/h1-34H. The molecule has 0 saturated carbocycles. The average molecular weight is 859 g/mol. The van der Waals surface area contributed by atoms with Gasteiger partial charge >= 0.3 is 0 Å². The summed E-state index contributed by atoms with van der Waals surface area (Å²) in [5.74, 6) is 2.94. The van der Waals surface area contributed by atoms with Crippen LogP contribution in [0.2, 0.25) is 0 Å². The molecule has 4 aromatic heterocycles. The Morgan fingerprint density at radius 3 is 1.27 bits per heavy atom. The lowest BCUT2D eigenvalue weighted by molar-refractivity contribution is 0.619. The van der Waals surface area contributed by atoms with Crippen molar-refractivity contribution in [2.75, 3.05) is 0 Å². The van der Waals surface area contributed by atoms with Crippen molar-refractivity contribution < 1.29 is 8.83 Å². The molecular formula is C59H34N6O2. The fourth-order valence-electron chi connectivity index (χ4n) is 9.50. The number of fused-ring (bicyclic) bond motifs is 8. The molecule has 0 saturated heterocycles. The third kappa shape index (κ3) is 6.26. The first-order valence-corrected chi connectivity index (χ1v) is 22.2. The van der Waals surface area contributed by atoms with Gasteiger partial charge in [0.05, 0.1) is 11.0 Å². The molecule has 8 nitrogen and oxygen atoms in total. The fraction of sp³-hybridized carbons (Fsp3) is 0. The maximum Gasteiger partial charge on any atom is 0.227 e. The fourth-order valence-corrected chi connectivity index (χ4v) is 9.50. The minimum Gasteiger partial charge on any atom is -0.436 e. The summed E-state index contributed by atoms with van der Waals surface area (Å²) in [6.07, 6.45) is 0. The van der Waals surface area contributed by atoms with Gasteiger partial charge in [0.1, 0.15) is 11.0 Å². The lowest BCUT2D eigenvalue weighted by Crippen LogP contribution is -2.00. The Morgan fingerprint density at radius 1 is 0.299 bits per heavy atom. The van der Waals surface area contributed by atoms with Gasteiger partial charge in [0.25, 0.3) is 0 Å². The lowest BCUT2D eigenvalue weighted by atomic mass is 10.0. The highest BCUT2D eigenvalue weighted by atomic mass is 16.4. The number of benzene rings is 10. The van der Waals surface area contributed by atoms with E-state index in [1.165, 1.54) is 16.3 Å². The maximum atomic E-state index is 6.11. The molecule has 10 aromatic carbocycles. The average Bonchev–Trinajstić information content (AvgIpc) is 4.12. The molecule has 0 aliphatic rings. The van der Waals surface area contributed by atoms with Gasteiger partial charge in [-0.2, -0.15) is 0 Å². The minimum atomic E-state index is 0.581. The normalized spacial score (nSPS) is 11.9. The van der Waals surface area contributed by atoms with Crippen LogP contribution in [-0.4, -0.2) is 29.5 Å². The van der Waals surface area contributed by atoms with Gasteiger partial charge in [-0.3, -0.25) is 0 Å². The second kappa shape index (κ2) is 14.6. The summed E-state index contributed by atoms with van der Waals surface area (Å²) in [6.45, 7) is 0. The van der Waals surface area contributed by atoms with Crippen LogP contribution in [-0.2, 0) is 0 Å². The van der Waals surface area contributed by atoms with Gasteiger partial charge in [-0.1, -0.05) is 109 Å². The second-order valence-corrected chi connectivity index (χ2v) is 17.0. The Balaban J connectivity index is 0.897. The molecule has 14 rings (SSSR count). The molecule has 0 N–H and O–H groups in total. The van der Waals surface area contributed by atoms with E-state index in [0.717, 1.165) is 93.5 Å². The summed E-state index contributed by atoms with van der Waals surface area (Å²) in [4.78, 5) is 25.1. The van der Waals surface area contributed by atoms with Gasteiger partial charge in [0.2, 0.25) is 11.8 Å². The monoisotopic (exact) mass is 858 g/mol. The van der Waals surface area contributed by atoms with Gasteiger partial charge in [-0.05, 0) is 129 Å². The number of aromatic nitrogens is 6. The molecule has 0 atom stereocenters. The van der Waals surface area contributed by atoms with Crippen molar-refractivity contribution in [3.05, 3.63) is 206 Å². The molecule has 8 heteroatoms. The van der Waals surface area contributed by atoms with Gasteiger partial charge in [-0.15, -0.1) is 0 Å². The van der Waals surface area contributed by atoms with Crippen molar-refractivity contribution in [3.8, 4) is 62.8 Å². The molecule has 0 unspecified atom stereocenters. The van der Waals surface area contributed by atoms with E-state index in [2.05, 4.69) is 162 Å². The van der Waals surface area contributed by atoms with E-state index >= 15 is 0 Å². The third-order valence-electron chi connectivity index (χ3n) is 12.8. The zero-order chi connectivity index (χ0) is 44.0. The van der Waals surface area contributed by atoms with Crippen molar-refractivity contribution in [2.24, 2.45) is 0 Å². The summed E-state index contributed by atoms with van der Waals surface area (Å²) in [7, 11) is 0. The molecule has 4 heterocycles. The van der Waals surface area contributed by atoms with E-state index in [-0.39, 0.29) is 0 Å². The van der Waals surface area contributed by atoms with E-state index in [4.69, 9.17) is 33.8 Å². The Bertz CT molecular complexity index is 4060. The van der Waals surface area contributed by atoms with E-state index in [1.807, 2.05) is 48.5 Å². The predicted octanol–water partition coefficient (Wildman–Crippen LogP) is 15.0. The number of rotatable bonds is 6. The topological polar surface area (TPSA) is 95.7 Å². The molecule has 0 amide bonds. The summed E-state index contributed by atoms with van der Waals surface area (Å²) >= 11 is 0. The maximum absolute atomic E-state index is 6.11. The first-order valence-electron chi connectivity index (χ1n) is 22.2. The second-order valence-electron chi connectivity index (χ2n) is 17.0. The predicted molar refractivity (Wildman–Crippen MR) is 269 cm³/mol. The smallest absolute Gasteiger partial charge is 0.227 e. The molecular weight excluding hydrogens is 825 g/mol. The van der Waals surface area contributed by atoms with Crippen molar-refractivity contribution in [2.45, 2.75) is 0 Å². The zero-order valence-electron chi connectivity index (χ0n) is 35.6. The quantitative estimate of drug-likeness (QED) is 0.164. The van der Waals surface area contributed by atoms with Gasteiger partial charge in [0.15, 0.2) is 28.6 Å². The Labute approximate surface area is 382 Å². The molecule has 14 aromatic rings. The van der Waals surface area contributed by atoms with E-state index in [1.54, 1.807) is 0 Å². The first-order chi connectivity index (χ1) is 33.1. The summed E-state index contributed by atoms with van der Waals surface area (Å²) < 4.78 is 14.6. The number of hydrogen-bond donors (Lipinski definition) is 0. The van der Waals surface area contributed by atoms with Crippen LogP contribution in [0.4, 0.5) is 0 Å². The van der Waals surface area contributed by atoms with Crippen LogP contribution in [0.5, 0.6) is 0 Å². The summed E-state index contributed by atoms with van der Waals surface area (Å²) in [5.41, 5.74) is 11.1. The zero-order valence-corrected chi connectivity index (χ0v) is 35.6. The van der Waals surface area contributed by atoms with Crippen LogP contribution in [0.15, 0.2) is 215 Å². The van der Waals surface area contributed by atoms with Crippen LogP contribution in [0.25, 0.3) is 139 Å². The molecule has 67 heavy (non-hydrogen) atoms. The van der Waals surface area contributed by atoms with Crippen LogP contribution >= 0.6 is 0 Å². The number of nitrogens with zero attached hydrogens (tertiary/aromatic N) is 6. The molecule has 312 valence electrons. The molecule has 0 aliphatic carbocycles. The summed E-state index contributed by atoms with van der Waals surface area (Å²) in [6, 6.07) is 71.1. The summed E-state index contributed by atoms with van der Waals surface area (Å²) in [5, 5.41) is 8.82. The first kappa shape index (κ1) is 37.1. The lowest BCUT2D eigenvalue weighted by Gasteiger charge is -2.11. The van der Waals surface area contributed by atoms with Crippen molar-refractivity contribution in [1.82, 2.24) is 29.5 Å². The minimum absolute atomic E-state index is 0.581. The van der Waals surface area contributed by atoms with E-state index < -0.39 is 0 Å². The highest BCUT2D eigenvalue weighted by molar-refractivity contribution is 6.14. The highest BCUT2D eigenvalue weighted by Gasteiger charge is 2.18. The highest BCUT2D eigenvalue weighted by Crippen LogP contribution is 2.37. The number of hydrogen-bond acceptors (Lipinski definition) is 7. The van der Waals surface area contributed by atoms with E-state index in [9.17, 15) is 0 Å². The molecule has 0 radical (unpaired) electrons. The van der Waals surface area contributed by atoms with Crippen LogP contribution < -0.4 is 0 Å². The largest absolute Gasteiger partial charge is 0.436 e. The number of para-hydroxylation sites is 6. The molecule has 0 fully saturated rings. The molecule has 0 spiro atoms. The van der Waals surface area contributed by atoms with E-state index in [0.29, 0.717) is 29.3 Å². The van der Waals surface area contributed by atoms with Crippen LogP contribution in [0.1, 0.15) is 0 Å². The Kier molecular flexibility index (Phi) is 8.11. The molecule has 0 bridgehead atoms. The van der Waals surface area contributed by atoms with Gasteiger partial charge in [-0.25, -0.2) is 24.9 Å². The van der Waals surface area contributed by atoms with Crippen LogP contribution in [0.3, 0.4) is 0 Å². The third-order valence-corrected chi connectivity index (χ3v) is 12.8. The Hall–Kier alpha value is -9.27. The molecule has 0 aliphatic heterocycles. The number of oxazole rings is 2. The Morgan fingerprint density at radius 2 is 0.731 bits per heavy atom. The van der Waals surface area contributed by atoms with Crippen molar-refractivity contribution >= 4 is 76.3 Å². The SMILES string of the molecule is c1ccc(-n2c3ccccc3c3cc4cc(-c5nc(-c6ccc7cc(-c8nc9ccccc9o8)ccc7c6)nc(-c6ccc7cc(-c8nc9ccccc9o8)ccc7c6)n5)ccc4cc32)cc1.